The first kappa shape index (κ1) is 11.2. The minimum Gasteiger partial charge on any atom is -0.384 e. The van der Waals surface area contributed by atoms with Crippen molar-refractivity contribution < 1.29 is 0 Å². The van der Waals surface area contributed by atoms with Gasteiger partial charge in [0.1, 0.15) is 5.84 Å². The minimum absolute atomic E-state index is 0.141. The van der Waals surface area contributed by atoms with Crippen LogP contribution in [0, 0.1) is 5.41 Å². The van der Waals surface area contributed by atoms with E-state index in [-0.39, 0.29) is 5.84 Å². The third-order valence-corrected chi connectivity index (χ3v) is 4.35. The minimum atomic E-state index is 0.141. The lowest BCUT2D eigenvalue weighted by molar-refractivity contribution is 1.34. The van der Waals surface area contributed by atoms with Crippen molar-refractivity contribution in [2.24, 2.45) is 5.73 Å². The molecule has 0 bridgehead atoms. The molecular formula is C12H12N2S2. The summed E-state index contributed by atoms with van der Waals surface area (Å²) in [7, 11) is 0. The van der Waals surface area contributed by atoms with E-state index in [4.69, 9.17) is 11.1 Å². The van der Waals surface area contributed by atoms with Gasteiger partial charge in [0.15, 0.2) is 0 Å². The van der Waals surface area contributed by atoms with Crippen molar-refractivity contribution in [3.8, 4) is 0 Å². The average molecular weight is 248 g/mol. The Labute approximate surface area is 103 Å². The number of hydrogen-bond acceptors (Lipinski definition) is 3. The molecule has 1 heterocycles. The maximum absolute atomic E-state index is 7.50. The Morgan fingerprint density at radius 3 is 2.75 bits per heavy atom. The second-order valence-corrected chi connectivity index (χ2v) is 5.51. The van der Waals surface area contributed by atoms with E-state index in [0.717, 1.165) is 16.9 Å². The molecule has 2 nitrogen and oxygen atoms in total. The standard InChI is InChI=1S/C12H12N2S2/c13-12(14)10-5-2-1-4-9(10)8-16-11-6-3-7-15-11/h1-7H,8H2,(H3,13,14). The summed E-state index contributed by atoms with van der Waals surface area (Å²) in [5.74, 6) is 0.998. The Kier molecular flexibility index (Phi) is 3.64. The molecule has 0 spiro atoms. The lowest BCUT2D eigenvalue weighted by Gasteiger charge is -2.06. The van der Waals surface area contributed by atoms with Crippen LogP contribution in [0.4, 0.5) is 0 Å². The smallest absolute Gasteiger partial charge is 0.123 e. The van der Waals surface area contributed by atoms with Crippen LogP contribution in [-0.4, -0.2) is 5.84 Å². The molecule has 0 radical (unpaired) electrons. The van der Waals surface area contributed by atoms with Crippen molar-refractivity contribution in [1.82, 2.24) is 0 Å². The molecule has 0 saturated carbocycles. The first-order valence-electron chi connectivity index (χ1n) is 4.86. The number of thioether (sulfide) groups is 1. The molecule has 0 saturated heterocycles. The van der Waals surface area contributed by atoms with Gasteiger partial charge in [-0.1, -0.05) is 30.3 Å². The van der Waals surface area contributed by atoms with Gasteiger partial charge in [0, 0.05) is 11.3 Å². The molecule has 1 aromatic carbocycles. The Hall–Kier alpha value is -1.26. The van der Waals surface area contributed by atoms with Gasteiger partial charge < -0.3 is 5.73 Å². The zero-order valence-electron chi connectivity index (χ0n) is 8.64. The molecule has 0 atom stereocenters. The van der Waals surface area contributed by atoms with Gasteiger partial charge in [-0.15, -0.1) is 23.1 Å². The maximum Gasteiger partial charge on any atom is 0.123 e. The first-order chi connectivity index (χ1) is 7.77. The molecule has 0 aliphatic heterocycles. The Morgan fingerprint density at radius 1 is 1.25 bits per heavy atom. The van der Waals surface area contributed by atoms with E-state index in [1.165, 1.54) is 4.21 Å². The van der Waals surface area contributed by atoms with Gasteiger partial charge in [-0.05, 0) is 17.0 Å². The highest BCUT2D eigenvalue weighted by molar-refractivity contribution is 8.00. The molecule has 0 fully saturated rings. The molecule has 3 N–H and O–H groups in total. The number of nitrogen functional groups attached to an aromatic ring is 1. The lowest BCUT2D eigenvalue weighted by atomic mass is 10.1. The Balaban J connectivity index is 2.12. The van der Waals surface area contributed by atoms with Gasteiger partial charge in [-0.3, -0.25) is 5.41 Å². The van der Waals surface area contributed by atoms with Crippen molar-refractivity contribution in [1.29, 1.82) is 5.41 Å². The number of rotatable bonds is 4. The van der Waals surface area contributed by atoms with E-state index in [0.29, 0.717) is 0 Å². The summed E-state index contributed by atoms with van der Waals surface area (Å²) >= 11 is 3.51. The van der Waals surface area contributed by atoms with Crippen molar-refractivity contribution in [2.45, 2.75) is 9.96 Å². The van der Waals surface area contributed by atoms with Crippen molar-refractivity contribution in [2.75, 3.05) is 0 Å². The molecule has 1 aromatic heterocycles. The average Bonchev–Trinajstić information content (AvgIpc) is 2.79. The first-order valence-corrected chi connectivity index (χ1v) is 6.72. The third kappa shape index (κ3) is 2.65. The molecule has 0 aliphatic rings. The van der Waals surface area contributed by atoms with Crippen LogP contribution in [0.25, 0.3) is 0 Å². The fraction of sp³-hybridized carbons (Fsp3) is 0.0833. The number of amidine groups is 1. The van der Waals surface area contributed by atoms with E-state index in [1.54, 1.807) is 23.1 Å². The Morgan fingerprint density at radius 2 is 2.06 bits per heavy atom. The van der Waals surface area contributed by atoms with E-state index >= 15 is 0 Å². The van der Waals surface area contributed by atoms with Crippen molar-refractivity contribution in [3.05, 3.63) is 52.9 Å². The SMILES string of the molecule is N=C(N)c1ccccc1CSc1cccs1. The quantitative estimate of drug-likeness (QED) is 0.495. The van der Waals surface area contributed by atoms with Crippen LogP contribution < -0.4 is 5.73 Å². The van der Waals surface area contributed by atoms with Crippen LogP contribution in [0.1, 0.15) is 11.1 Å². The maximum atomic E-state index is 7.50. The molecule has 0 unspecified atom stereocenters. The van der Waals surface area contributed by atoms with Crippen LogP contribution in [0.5, 0.6) is 0 Å². The van der Waals surface area contributed by atoms with Gasteiger partial charge in [0.05, 0.1) is 4.21 Å². The third-order valence-electron chi connectivity index (χ3n) is 2.17. The van der Waals surface area contributed by atoms with Crippen LogP contribution in [0.2, 0.25) is 0 Å². The zero-order chi connectivity index (χ0) is 11.4. The van der Waals surface area contributed by atoms with Gasteiger partial charge >= 0.3 is 0 Å². The van der Waals surface area contributed by atoms with Gasteiger partial charge in [-0.25, -0.2) is 0 Å². The van der Waals surface area contributed by atoms with Crippen molar-refractivity contribution >= 4 is 28.9 Å². The summed E-state index contributed by atoms with van der Waals surface area (Å²) in [5.41, 5.74) is 7.50. The molecule has 0 amide bonds. The fourth-order valence-electron chi connectivity index (χ4n) is 1.40. The zero-order valence-corrected chi connectivity index (χ0v) is 10.3. The number of thiophene rings is 1. The molecule has 2 aromatic rings. The molecule has 16 heavy (non-hydrogen) atoms. The van der Waals surface area contributed by atoms with Crippen LogP contribution >= 0.6 is 23.1 Å². The summed E-state index contributed by atoms with van der Waals surface area (Å²) in [6.07, 6.45) is 0. The van der Waals surface area contributed by atoms with E-state index < -0.39 is 0 Å². The monoisotopic (exact) mass is 248 g/mol. The summed E-state index contributed by atoms with van der Waals surface area (Å²) in [4.78, 5) is 0. The molecular weight excluding hydrogens is 236 g/mol. The highest BCUT2D eigenvalue weighted by Gasteiger charge is 2.05. The van der Waals surface area contributed by atoms with Crippen LogP contribution in [-0.2, 0) is 5.75 Å². The van der Waals surface area contributed by atoms with Gasteiger partial charge in [0.25, 0.3) is 0 Å². The van der Waals surface area contributed by atoms with Gasteiger partial charge in [-0.2, -0.15) is 0 Å². The molecule has 4 heteroatoms. The number of hydrogen-bond donors (Lipinski definition) is 2. The predicted molar refractivity (Wildman–Crippen MR) is 71.3 cm³/mol. The Bertz CT molecular complexity index is 478. The predicted octanol–water partition coefficient (Wildman–Crippen LogP) is 3.32. The summed E-state index contributed by atoms with van der Waals surface area (Å²) in [5, 5.41) is 9.57. The molecule has 2 rings (SSSR count). The van der Waals surface area contributed by atoms with E-state index in [1.807, 2.05) is 30.3 Å². The highest BCUT2D eigenvalue weighted by atomic mass is 32.2. The molecule has 0 aliphatic carbocycles. The molecule has 82 valence electrons. The number of nitrogens with one attached hydrogen (secondary N) is 1. The van der Waals surface area contributed by atoms with Gasteiger partial charge in [0.2, 0.25) is 0 Å². The van der Waals surface area contributed by atoms with E-state index in [2.05, 4.69) is 11.4 Å². The van der Waals surface area contributed by atoms with Crippen LogP contribution in [0.3, 0.4) is 0 Å². The summed E-state index contributed by atoms with van der Waals surface area (Å²) in [6, 6.07) is 12.0. The second-order valence-electron chi connectivity index (χ2n) is 3.29. The van der Waals surface area contributed by atoms with Crippen LogP contribution in [0.15, 0.2) is 46.0 Å². The second kappa shape index (κ2) is 5.18. The lowest BCUT2D eigenvalue weighted by Crippen LogP contribution is -2.13. The number of nitrogens with two attached hydrogens (primary N) is 1. The number of benzene rings is 1. The normalized spacial score (nSPS) is 10.2. The topological polar surface area (TPSA) is 49.9 Å². The van der Waals surface area contributed by atoms with Crippen molar-refractivity contribution in [3.63, 3.8) is 0 Å². The fourth-order valence-corrected chi connectivity index (χ4v) is 3.19. The summed E-state index contributed by atoms with van der Waals surface area (Å²) < 4.78 is 1.29. The summed E-state index contributed by atoms with van der Waals surface area (Å²) in [6.45, 7) is 0. The highest BCUT2D eigenvalue weighted by Crippen LogP contribution is 2.27. The van der Waals surface area contributed by atoms with E-state index in [9.17, 15) is 0 Å². The largest absolute Gasteiger partial charge is 0.384 e.